The first-order valence-electron chi connectivity index (χ1n) is 25.2. The largest absolute Gasteiger partial charge is 0.394 e. The van der Waals surface area contributed by atoms with Crippen LogP contribution in [0.2, 0.25) is 0 Å². The summed E-state index contributed by atoms with van der Waals surface area (Å²) in [5.41, 5.74) is 0. The first kappa shape index (κ1) is 58.3. The quantitative estimate of drug-likeness (QED) is 0.0244. The number of carbonyl (C=O) groups is 1. The van der Waals surface area contributed by atoms with E-state index >= 15 is 0 Å². The van der Waals surface area contributed by atoms with Crippen LogP contribution in [0.1, 0.15) is 181 Å². The second-order valence-corrected chi connectivity index (χ2v) is 17.9. The van der Waals surface area contributed by atoms with Crippen molar-refractivity contribution in [1.29, 1.82) is 0 Å². The number of amides is 1. The van der Waals surface area contributed by atoms with Crippen LogP contribution in [0.3, 0.4) is 0 Å². The molecule has 12 atom stereocenters. The number of hydrogen-bond acceptors (Lipinski definition) is 13. The summed E-state index contributed by atoms with van der Waals surface area (Å²) in [6.07, 6.45) is 25.0. The van der Waals surface area contributed by atoms with Crippen LogP contribution < -0.4 is 5.32 Å². The van der Waals surface area contributed by atoms with Crippen LogP contribution >= 0.6 is 0 Å². The molecule has 9 N–H and O–H groups in total. The van der Waals surface area contributed by atoms with Gasteiger partial charge in [0.05, 0.1) is 32.0 Å². The van der Waals surface area contributed by atoms with E-state index in [1.165, 1.54) is 109 Å². The molecular formula is C50H91NO13. The summed E-state index contributed by atoms with van der Waals surface area (Å²) < 4.78 is 22.6. The Morgan fingerprint density at radius 1 is 0.547 bits per heavy atom. The molecule has 2 rings (SSSR count). The van der Waals surface area contributed by atoms with Crippen molar-refractivity contribution in [3.63, 3.8) is 0 Å². The zero-order chi connectivity index (χ0) is 46.8. The predicted octanol–water partition coefficient (Wildman–Crippen LogP) is 6.32. The van der Waals surface area contributed by atoms with Crippen LogP contribution in [0.15, 0.2) is 36.5 Å². The van der Waals surface area contributed by atoms with Crippen LogP contribution in [-0.4, -0.2) is 140 Å². The van der Waals surface area contributed by atoms with Gasteiger partial charge in [-0.1, -0.05) is 153 Å². The molecule has 0 spiro atoms. The van der Waals surface area contributed by atoms with Gasteiger partial charge in [-0.05, 0) is 57.8 Å². The number of unbranched alkanes of at least 4 members (excludes halogenated alkanes) is 21. The molecule has 0 aliphatic carbocycles. The highest BCUT2D eigenvalue weighted by Gasteiger charge is 2.51. The monoisotopic (exact) mass is 914 g/mol. The van der Waals surface area contributed by atoms with Gasteiger partial charge in [0.1, 0.15) is 48.8 Å². The van der Waals surface area contributed by atoms with Gasteiger partial charge in [-0.3, -0.25) is 4.79 Å². The van der Waals surface area contributed by atoms with Gasteiger partial charge in [0.2, 0.25) is 5.91 Å². The van der Waals surface area contributed by atoms with Crippen molar-refractivity contribution in [3.05, 3.63) is 36.5 Å². The summed E-state index contributed by atoms with van der Waals surface area (Å²) in [7, 11) is 0. The van der Waals surface area contributed by atoms with E-state index in [9.17, 15) is 45.6 Å². The number of aliphatic hydroxyl groups is 8. The fraction of sp³-hybridized carbons (Fsp3) is 0.860. The molecule has 2 fully saturated rings. The van der Waals surface area contributed by atoms with Gasteiger partial charge in [0, 0.05) is 6.42 Å². The van der Waals surface area contributed by atoms with Gasteiger partial charge in [0.15, 0.2) is 12.6 Å². The lowest BCUT2D eigenvalue weighted by molar-refractivity contribution is -0.359. The zero-order valence-electron chi connectivity index (χ0n) is 39.5. The molecule has 0 aromatic rings. The van der Waals surface area contributed by atoms with Gasteiger partial charge < -0.3 is 65.1 Å². The number of aliphatic hydroxyl groups excluding tert-OH is 8. The molecule has 0 radical (unpaired) electrons. The Labute approximate surface area is 385 Å². The van der Waals surface area contributed by atoms with Crippen molar-refractivity contribution >= 4 is 5.91 Å². The lowest BCUT2D eigenvalue weighted by Crippen LogP contribution is -2.65. The van der Waals surface area contributed by atoms with Crippen LogP contribution in [0.4, 0.5) is 0 Å². The Balaban J connectivity index is 1.78. The summed E-state index contributed by atoms with van der Waals surface area (Å²) >= 11 is 0. The standard InChI is InChI=1S/C50H91NO13/c1-3-5-7-9-11-13-14-15-16-17-18-19-20-21-22-23-24-26-28-30-32-34-42(55)51-38(39(54)33-31-29-27-25-12-10-8-6-4-2)37-61-49-47(60)45(58)48(41(36-53)63-49)64-50-46(59)44(57)43(56)40(35-52)62-50/h12,17-18,25,31,33,38-41,43-50,52-54,56-60H,3-11,13-16,19-24,26-30,32,34-37H2,1-2H3,(H,51,55)/b18-17-,25-12+,33-31+. The molecule has 0 aromatic carbocycles. The lowest BCUT2D eigenvalue weighted by atomic mass is 9.97. The van der Waals surface area contributed by atoms with Gasteiger partial charge in [-0.2, -0.15) is 0 Å². The summed E-state index contributed by atoms with van der Waals surface area (Å²) in [4.78, 5) is 13.1. The van der Waals surface area contributed by atoms with E-state index in [4.69, 9.17) is 18.9 Å². The molecule has 14 heteroatoms. The first-order chi connectivity index (χ1) is 31.1. The Hall–Kier alpha value is -1.79. The molecule has 0 bridgehead atoms. The van der Waals surface area contributed by atoms with Crippen LogP contribution in [0, 0.1) is 0 Å². The molecule has 0 saturated carbocycles. The van der Waals surface area contributed by atoms with Crippen molar-refractivity contribution in [2.45, 2.75) is 254 Å². The summed E-state index contributed by atoms with van der Waals surface area (Å²) in [6.45, 7) is 2.70. The SMILES string of the molecule is CCCCC/C=C/CC/C=C/C(O)C(COC1OC(CO)C(OC2OC(CO)C(O)C(O)C2O)C(O)C1O)NC(=O)CCCCCCCCCCC/C=C\CCCCCCCCCC. The van der Waals surface area contributed by atoms with E-state index in [0.717, 1.165) is 38.5 Å². The van der Waals surface area contributed by atoms with E-state index in [2.05, 4.69) is 43.5 Å². The molecule has 0 aromatic heterocycles. The Morgan fingerprint density at radius 3 is 1.56 bits per heavy atom. The van der Waals surface area contributed by atoms with Crippen molar-refractivity contribution in [3.8, 4) is 0 Å². The molecule has 2 heterocycles. The smallest absolute Gasteiger partial charge is 0.220 e. The highest BCUT2D eigenvalue weighted by molar-refractivity contribution is 5.76. The Morgan fingerprint density at radius 2 is 1.00 bits per heavy atom. The normalized spacial score (nSPS) is 27.5. The van der Waals surface area contributed by atoms with E-state index in [1.54, 1.807) is 6.08 Å². The third kappa shape index (κ3) is 24.3. The maximum absolute atomic E-state index is 13.1. The number of carbonyl (C=O) groups excluding carboxylic acids is 1. The number of allylic oxidation sites excluding steroid dienone is 5. The number of nitrogens with one attached hydrogen (secondary N) is 1. The molecule has 374 valence electrons. The van der Waals surface area contributed by atoms with E-state index in [1.807, 2.05) is 6.08 Å². The van der Waals surface area contributed by atoms with Gasteiger partial charge >= 0.3 is 0 Å². The fourth-order valence-corrected chi connectivity index (χ4v) is 8.12. The van der Waals surface area contributed by atoms with Crippen LogP contribution in [0.5, 0.6) is 0 Å². The molecule has 2 aliphatic heterocycles. The van der Waals surface area contributed by atoms with E-state index in [-0.39, 0.29) is 18.9 Å². The topological polar surface area (TPSA) is 228 Å². The van der Waals surface area contributed by atoms with Gasteiger partial charge in [-0.25, -0.2) is 0 Å². The maximum atomic E-state index is 13.1. The average molecular weight is 914 g/mol. The molecule has 1 amide bonds. The third-order valence-corrected chi connectivity index (χ3v) is 12.3. The predicted molar refractivity (Wildman–Crippen MR) is 249 cm³/mol. The summed E-state index contributed by atoms with van der Waals surface area (Å²) in [5, 5.41) is 86.5. The molecule has 14 nitrogen and oxygen atoms in total. The lowest BCUT2D eigenvalue weighted by Gasteiger charge is -2.46. The number of ether oxygens (including phenoxy) is 4. The average Bonchev–Trinajstić information content (AvgIpc) is 3.29. The molecule has 12 unspecified atom stereocenters. The van der Waals surface area contributed by atoms with Gasteiger partial charge in [0.25, 0.3) is 0 Å². The van der Waals surface area contributed by atoms with Crippen molar-refractivity contribution < 1.29 is 64.6 Å². The number of hydrogen-bond donors (Lipinski definition) is 9. The molecule has 2 aliphatic rings. The Bertz CT molecular complexity index is 1220. The Kier molecular flexibility index (Phi) is 33.9. The van der Waals surface area contributed by atoms with Crippen molar-refractivity contribution in [2.24, 2.45) is 0 Å². The first-order valence-corrected chi connectivity index (χ1v) is 25.2. The minimum atomic E-state index is -1.79. The number of rotatable bonds is 38. The second kappa shape index (κ2) is 37.2. The van der Waals surface area contributed by atoms with Crippen LogP contribution in [-0.2, 0) is 23.7 Å². The van der Waals surface area contributed by atoms with Crippen LogP contribution in [0.25, 0.3) is 0 Å². The molecular weight excluding hydrogens is 823 g/mol. The van der Waals surface area contributed by atoms with Gasteiger partial charge in [-0.15, -0.1) is 0 Å². The maximum Gasteiger partial charge on any atom is 0.220 e. The molecule has 2 saturated heterocycles. The fourth-order valence-electron chi connectivity index (χ4n) is 8.12. The zero-order valence-corrected chi connectivity index (χ0v) is 39.5. The van der Waals surface area contributed by atoms with Crippen molar-refractivity contribution in [2.75, 3.05) is 19.8 Å². The van der Waals surface area contributed by atoms with E-state index < -0.39 is 86.8 Å². The highest BCUT2D eigenvalue weighted by Crippen LogP contribution is 2.30. The summed E-state index contributed by atoms with van der Waals surface area (Å²) in [6, 6.07) is -0.928. The van der Waals surface area contributed by atoms with Crippen molar-refractivity contribution in [1.82, 2.24) is 5.32 Å². The minimum Gasteiger partial charge on any atom is -0.394 e. The highest BCUT2D eigenvalue weighted by atomic mass is 16.7. The summed E-state index contributed by atoms with van der Waals surface area (Å²) in [5.74, 6) is -0.255. The molecule has 64 heavy (non-hydrogen) atoms. The second-order valence-electron chi connectivity index (χ2n) is 17.9. The van der Waals surface area contributed by atoms with E-state index in [0.29, 0.717) is 12.8 Å². The third-order valence-electron chi connectivity index (χ3n) is 12.3. The minimum absolute atomic E-state index is 0.255.